The van der Waals surface area contributed by atoms with Crippen LogP contribution >= 0.6 is 0 Å². The number of rotatable bonds is 5. The van der Waals surface area contributed by atoms with Gasteiger partial charge < -0.3 is 10.1 Å². The molecule has 0 aliphatic heterocycles. The molecule has 0 atom stereocenters. The summed E-state index contributed by atoms with van der Waals surface area (Å²) in [4.78, 5) is 23.3. The molecule has 120 valence electrons. The van der Waals surface area contributed by atoms with Gasteiger partial charge in [0.15, 0.2) is 6.61 Å². The number of para-hydroxylation sites is 1. The smallest absolute Gasteiger partial charge is 0.310 e. The van der Waals surface area contributed by atoms with E-state index in [1.807, 2.05) is 24.4 Å². The van der Waals surface area contributed by atoms with Gasteiger partial charge in [0.05, 0.1) is 6.42 Å². The average molecular weight is 319 g/mol. The first-order valence-corrected chi connectivity index (χ1v) is 6.91. The molecule has 0 aromatic heterocycles. The fraction of sp³-hybridized carbons (Fsp3) is 0.176. The van der Waals surface area contributed by atoms with E-state index in [0.717, 1.165) is 23.3 Å². The van der Waals surface area contributed by atoms with E-state index in [0.29, 0.717) is 0 Å². The molecule has 1 N–H and O–H groups in total. The molecule has 23 heavy (non-hydrogen) atoms. The summed E-state index contributed by atoms with van der Waals surface area (Å²) in [6.07, 6.45) is 0.0218. The van der Waals surface area contributed by atoms with Gasteiger partial charge >= 0.3 is 5.97 Å². The Hall–Kier alpha value is -2.76. The zero-order valence-corrected chi connectivity index (χ0v) is 12.4. The molecule has 0 aliphatic rings. The van der Waals surface area contributed by atoms with Crippen molar-refractivity contribution in [2.24, 2.45) is 0 Å². The molecule has 0 fully saturated rings. The van der Waals surface area contributed by atoms with Crippen LogP contribution < -0.4 is 5.32 Å². The maximum absolute atomic E-state index is 13.4. The van der Waals surface area contributed by atoms with Crippen LogP contribution in [0.4, 0.5) is 14.5 Å². The highest BCUT2D eigenvalue weighted by Gasteiger charge is 2.14. The van der Waals surface area contributed by atoms with Gasteiger partial charge in [-0.15, -0.1) is 0 Å². The number of amides is 1. The Morgan fingerprint density at radius 1 is 1.04 bits per heavy atom. The standard InChI is InChI=1S/C17H15F2NO3/c1-11-5-2-3-6-12(11)9-16(22)23-10-15(21)20-17-13(18)7-4-8-14(17)19/h2-8H,9-10H2,1H3,(H,20,21). The highest BCUT2D eigenvalue weighted by atomic mass is 19.1. The highest BCUT2D eigenvalue weighted by molar-refractivity contribution is 5.93. The van der Waals surface area contributed by atoms with Crippen LogP contribution in [0.1, 0.15) is 11.1 Å². The first-order valence-electron chi connectivity index (χ1n) is 6.91. The Morgan fingerprint density at radius 3 is 2.35 bits per heavy atom. The fourth-order valence-corrected chi connectivity index (χ4v) is 1.95. The minimum Gasteiger partial charge on any atom is -0.455 e. The molecule has 0 saturated carbocycles. The van der Waals surface area contributed by atoms with Crippen LogP contribution in [0, 0.1) is 18.6 Å². The van der Waals surface area contributed by atoms with Crippen molar-refractivity contribution in [2.75, 3.05) is 11.9 Å². The van der Waals surface area contributed by atoms with Crippen LogP contribution in [0.5, 0.6) is 0 Å². The van der Waals surface area contributed by atoms with Crippen molar-refractivity contribution >= 4 is 17.6 Å². The fourth-order valence-electron chi connectivity index (χ4n) is 1.95. The van der Waals surface area contributed by atoms with Crippen molar-refractivity contribution in [3.8, 4) is 0 Å². The van der Waals surface area contributed by atoms with Gasteiger partial charge in [0, 0.05) is 0 Å². The van der Waals surface area contributed by atoms with E-state index in [9.17, 15) is 18.4 Å². The number of benzene rings is 2. The lowest BCUT2D eigenvalue weighted by Gasteiger charge is -2.09. The van der Waals surface area contributed by atoms with Crippen LogP contribution in [-0.2, 0) is 20.7 Å². The number of anilines is 1. The third kappa shape index (κ3) is 4.60. The van der Waals surface area contributed by atoms with Crippen LogP contribution in [0.2, 0.25) is 0 Å². The topological polar surface area (TPSA) is 55.4 Å². The molecule has 2 aromatic rings. The van der Waals surface area contributed by atoms with Gasteiger partial charge in [-0.2, -0.15) is 0 Å². The van der Waals surface area contributed by atoms with Gasteiger partial charge in [-0.05, 0) is 30.2 Å². The summed E-state index contributed by atoms with van der Waals surface area (Å²) in [6, 6.07) is 10.5. The van der Waals surface area contributed by atoms with Crippen LogP contribution in [0.25, 0.3) is 0 Å². The number of hydrogen-bond acceptors (Lipinski definition) is 3. The van der Waals surface area contributed by atoms with Crippen molar-refractivity contribution in [1.29, 1.82) is 0 Å². The third-order valence-corrected chi connectivity index (χ3v) is 3.19. The quantitative estimate of drug-likeness (QED) is 0.862. The van der Waals surface area contributed by atoms with Gasteiger partial charge in [0.1, 0.15) is 17.3 Å². The van der Waals surface area contributed by atoms with Gasteiger partial charge in [-0.3, -0.25) is 9.59 Å². The Balaban J connectivity index is 1.87. The van der Waals surface area contributed by atoms with E-state index >= 15 is 0 Å². The molecule has 0 unspecified atom stereocenters. The molecule has 0 radical (unpaired) electrons. The summed E-state index contributed by atoms with van der Waals surface area (Å²) in [5.41, 5.74) is 1.16. The number of hydrogen-bond donors (Lipinski definition) is 1. The molecular weight excluding hydrogens is 304 g/mol. The van der Waals surface area contributed by atoms with E-state index < -0.39 is 35.8 Å². The van der Waals surface area contributed by atoms with Gasteiger partial charge in [0.2, 0.25) is 0 Å². The number of carbonyl (C=O) groups excluding carboxylic acids is 2. The summed E-state index contributed by atoms with van der Waals surface area (Å²) in [7, 11) is 0. The normalized spacial score (nSPS) is 10.2. The summed E-state index contributed by atoms with van der Waals surface area (Å²) < 4.78 is 31.6. The third-order valence-electron chi connectivity index (χ3n) is 3.19. The monoisotopic (exact) mass is 319 g/mol. The SMILES string of the molecule is Cc1ccccc1CC(=O)OCC(=O)Nc1c(F)cccc1F. The lowest BCUT2D eigenvalue weighted by molar-refractivity contribution is -0.146. The minimum atomic E-state index is -0.899. The second-order valence-corrected chi connectivity index (χ2v) is 4.91. The molecule has 2 aromatic carbocycles. The van der Waals surface area contributed by atoms with Crippen molar-refractivity contribution in [1.82, 2.24) is 0 Å². The molecule has 1 amide bonds. The number of aryl methyl sites for hydroxylation is 1. The zero-order valence-electron chi connectivity index (χ0n) is 12.4. The lowest BCUT2D eigenvalue weighted by Crippen LogP contribution is -2.22. The second kappa shape index (κ2) is 7.49. The largest absolute Gasteiger partial charge is 0.455 e. The maximum Gasteiger partial charge on any atom is 0.310 e. The zero-order chi connectivity index (χ0) is 16.8. The average Bonchev–Trinajstić information content (AvgIpc) is 2.51. The minimum absolute atomic E-state index is 0.0218. The first kappa shape index (κ1) is 16.6. The van der Waals surface area contributed by atoms with E-state index in [-0.39, 0.29) is 6.42 Å². The molecule has 2 rings (SSSR count). The summed E-state index contributed by atoms with van der Waals surface area (Å²) in [5.74, 6) is -3.20. The van der Waals surface area contributed by atoms with E-state index in [4.69, 9.17) is 4.74 Å². The second-order valence-electron chi connectivity index (χ2n) is 4.91. The summed E-state index contributed by atoms with van der Waals surface area (Å²) in [5, 5.41) is 2.04. The molecule has 0 aliphatic carbocycles. The Bertz CT molecular complexity index is 711. The van der Waals surface area contributed by atoms with Crippen molar-refractivity contribution in [2.45, 2.75) is 13.3 Å². The molecule has 6 heteroatoms. The summed E-state index contributed by atoms with van der Waals surface area (Å²) >= 11 is 0. The molecular formula is C17H15F2NO3. The number of halogens is 2. The van der Waals surface area contributed by atoms with Gasteiger partial charge in [0.25, 0.3) is 5.91 Å². The number of nitrogens with one attached hydrogen (secondary N) is 1. The maximum atomic E-state index is 13.4. The van der Waals surface area contributed by atoms with Gasteiger partial charge in [-0.1, -0.05) is 30.3 Å². The highest BCUT2D eigenvalue weighted by Crippen LogP contribution is 2.17. The first-order chi connectivity index (χ1) is 11.0. The van der Waals surface area contributed by atoms with Crippen LogP contribution in [0.15, 0.2) is 42.5 Å². The Kier molecular flexibility index (Phi) is 5.41. The lowest BCUT2D eigenvalue weighted by atomic mass is 10.1. The Morgan fingerprint density at radius 2 is 1.70 bits per heavy atom. The van der Waals surface area contributed by atoms with Gasteiger partial charge in [-0.25, -0.2) is 8.78 Å². The Labute approximate surface area is 132 Å². The predicted octanol–water partition coefficient (Wildman–Crippen LogP) is 3.00. The van der Waals surface area contributed by atoms with Crippen LogP contribution in [-0.4, -0.2) is 18.5 Å². The van der Waals surface area contributed by atoms with Crippen LogP contribution in [0.3, 0.4) is 0 Å². The number of ether oxygens (including phenoxy) is 1. The molecule has 0 saturated heterocycles. The van der Waals surface area contributed by atoms with Crippen molar-refractivity contribution in [3.63, 3.8) is 0 Å². The molecule has 4 nitrogen and oxygen atoms in total. The summed E-state index contributed by atoms with van der Waals surface area (Å²) in [6.45, 7) is 1.24. The molecule has 0 spiro atoms. The van der Waals surface area contributed by atoms with E-state index in [2.05, 4.69) is 0 Å². The van der Waals surface area contributed by atoms with E-state index in [1.165, 1.54) is 6.07 Å². The predicted molar refractivity (Wildman–Crippen MR) is 80.8 cm³/mol. The van der Waals surface area contributed by atoms with E-state index in [1.54, 1.807) is 12.1 Å². The van der Waals surface area contributed by atoms with Crippen molar-refractivity contribution < 1.29 is 23.1 Å². The van der Waals surface area contributed by atoms with Crippen molar-refractivity contribution in [3.05, 3.63) is 65.2 Å². The molecule has 0 bridgehead atoms. The molecule has 0 heterocycles. The number of carbonyl (C=O) groups is 2. The number of esters is 1.